The number of rotatable bonds is 15. The van der Waals surface area contributed by atoms with Crippen LogP contribution >= 0.6 is 34.8 Å². The maximum Gasteiger partial charge on any atom is 0.265 e. The van der Waals surface area contributed by atoms with Gasteiger partial charge < -0.3 is 24.4 Å². The smallest absolute Gasteiger partial charge is 0.265 e. The van der Waals surface area contributed by atoms with E-state index in [0.29, 0.717) is 22.9 Å². The normalized spacial score (nSPS) is 11.7. The van der Waals surface area contributed by atoms with Crippen molar-refractivity contribution in [3.05, 3.63) is 111 Å². The number of carbonyl (C=O) groups is 2. The molecule has 2 amide bonds. The van der Waals surface area contributed by atoms with Gasteiger partial charge in [-0.05, 0) is 60.5 Å². The summed E-state index contributed by atoms with van der Waals surface area (Å²) in [4.78, 5) is 29.5. The minimum Gasteiger partial charge on any atom is -0.495 e. The molecule has 4 aromatic carbocycles. The Morgan fingerprint density at radius 1 is 0.796 bits per heavy atom. The number of halogens is 3. The average molecular weight is 749 g/mol. The second-order valence-electron chi connectivity index (χ2n) is 10.7. The van der Waals surface area contributed by atoms with Gasteiger partial charge in [-0.25, -0.2) is 8.42 Å². The zero-order valence-corrected chi connectivity index (χ0v) is 30.4. The lowest BCUT2D eigenvalue weighted by molar-refractivity contribution is -0.140. The summed E-state index contributed by atoms with van der Waals surface area (Å²) in [6, 6.07) is 21.4. The predicted octanol–water partition coefficient (Wildman–Crippen LogP) is 6.64. The molecule has 0 heterocycles. The van der Waals surface area contributed by atoms with Crippen molar-refractivity contribution in [2.24, 2.45) is 0 Å². The number of anilines is 1. The Morgan fingerprint density at radius 3 is 2.06 bits per heavy atom. The molecule has 0 spiro atoms. The summed E-state index contributed by atoms with van der Waals surface area (Å²) in [5.74, 6) is -0.533. The molecule has 260 valence electrons. The van der Waals surface area contributed by atoms with Gasteiger partial charge in [-0.3, -0.25) is 13.9 Å². The highest BCUT2D eigenvalue weighted by Crippen LogP contribution is 2.37. The molecule has 1 atom stereocenters. The maximum absolute atomic E-state index is 14.7. The number of amides is 2. The van der Waals surface area contributed by atoms with E-state index in [4.69, 9.17) is 49.0 Å². The molecule has 1 N–H and O–H groups in total. The fraction of sp³-hybridized carbons (Fsp3) is 0.257. The lowest BCUT2D eigenvalue weighted by Crippen LogP contribution is -2.53. The van der Waals surface area contributed by atoms with Gasteiger partial charge >= 0.3 is 0 Å². The standard InChI is InChI=1S/C35H36Cl3N3O7S/c1-5-39-35(43)30(17-23-9-7-6-8-10-23)40(21-24-11-12-25(36)18-28(24)38)34(42)22-41(29-19-26(37)13-15-31(29)46-2)49(44,45)27-14-16-32(47-3)33(20-27)48-4/h6-16,18-20,30H,5,17,21-22H2,1-4H3,(H,39,43)/t30-/m1/s1. The molecule has 0 unspecified atom stereocenters. The zero-order chi connectivity index (χ0) is 35.7. The van der Waals surface area contributed by atoms with Gasteiger partial charge in [0, 0.05) is 40.6 Å². The van der Waals surface area contributed by atoms with Gasteiger partial charge in [-0.2, -0.15) is 0 Å². The lowest BCUT2D eigenvalue weighted by atomic mass is 10.0. The Bertz CT molecular complexity index is 1900. The highest BCUT2D eigenvalue weighted by molar-refractivity contribution is 7.92. The molecule has 0 aliphatic heterocycles. The number of likely N-dealkylation sites (N-methyl/N-ethyl adjacent to an activating group) is 1. The molecule has 49 heavy (non-hydrogen) atoms. The number of hydrogen-bond donors (Lipinski definition) is 1. The number of ether oxygens (including phenoxy) is 3. The zero-order valence-electron chi connectivity index (χ0n) is 27.3. The van der Waals surface area contributed by atoms with Crippen LogP contribution in [0.2, 0.25) is 15.1 Å². The molecule has 10 nitrogen and oxygen atoms in total. The van der Waals surface area contributed by atoms with Crippen LogP contribution in [0.5, 0.6) is 17.2 Å². The molecule has 0 saturated heterocycles. The lowest BCUT2D eigenvalue weighted by Gasteiger charge is -2.34. The fourth-order valence-corrected chi connectivity index (χ4v) is 7.22. The van der Waals surface area contributed by atoms with E-state index in [0.717, 1.165) is 9.87 Å². The minimum atomic E-state index is -4.52. The van der Waals surface area contributed by atoms with Crippen LogP contribution in [-0.4, -0.2) is 65.6 Å². The first kappa shape index (κ1) is 37.7. The van der Waals surface area contributed by atoms with Crippen molar-refractivity contribution >= 4 is 62.3 Å². The highest BCUT2D eigenvalue weighted by Gasteiger charge is 2.36. The summed E-state index contributed by atoms with van der Waals surface area (Å²) in [6.45, 7) is 1.18. The van der Waals surface area contributed by atoms with Crippen LogP contribution in [0.1, 0.15) is 18.1 Å². The predicted molar refractivity (Wildman–Crippen MR) is 192 cm³/mol. The monoisotopic (exact) mass is 747 g/mol. The molecule has 4 rings (SSSR count). The molecular formula is C35H36Cl3N3O7S. The van der Waals surface area contributed by atoms with Crippen LogP contribution in [0.4, 0.5) is 5.69 Å². The summed E-state index contributed by atoms with van der Waals surface area (Å²) < 4.78 is 46.2. The second-order valence-corrected chi connectivity index (χ2v) is 13.8. The van der Waals surface area contributed by atoms with Crippen LogP contribution in [0.3, 0.4) is 0 Å². The van der Waals surface area contributed by atoms with Crippen molar-refractivity contribution in [3.63, 3.8) is 0 Å². The SMILES string of the molecule is CCNC(=O)[C@@H](Cc1ccccc1)N(Cc1ccc(Cl)cc1Cl)C(=O)CN(c1cc(Cl)ccc1OC)S(=O)(=O)c1ccc(OC)c(OC)c1. The third-order valence-corrected chi connectivity index (χ3v) is 10.2. The van der Waals surface area contributed by atoms with Crippen molar-refractivity contribution < 1.29 is 32.2 Å². The Kier molecular flexibility index (Phi) is 13.0. The van der Waals surface area contributed by atoms with E-state index < -0.39 is 34.4 Å². The van der Waals surface area contributed by atoms with Crippen LogP contribution in [0, 0.1) is 0 Å². The summed E-state index contributed by atoms with van der Waals surface area (Å²) in [5.41, 5.74) is 1.28. The minimum absolute atomic E-state index is 0.000212. The van der Waals surface area contributed by atoms with Gasteiger partial charge in [0.1, 0.15) is 18.3 Å². The third-order valence-electron chi connectivity index (χ3n) is 7.61. The van der Waals surface area contributed by atoms with E-state index in [1.54, 1.807) is 19.1 Å². The molecule has 0 radical (unpaired) electrons. The van der Waals surface area contributed by atoms with Gasteiger partial charge in [0.2, 0.25) is 11.8 Å². The Morgan fingerprint density at radius 2 is 1.43 bits per heavy atom. The Hall–Kier alpha value is -4.16. The first-order chi connectivity index (χ1) is 23.4. The topological polar surface area (TPSA) is 114 Å². The number of sulfonamides is 1. The van der Waals surface area contributed by atoms with Crippen molar-refractivity contribution in [1.29, 1.82) is 0 Å². The second kappa shape index (κ2) is 17.0. The van der Waals surface area contributed by atoms with Crippen LogP contribution < -0.4 is 23.8 Å². The summed E-state index contributed by atoms with van der Waals surface area (Å²) in [7, 11) is -0.348. The van der Waals surface area contributed by atoms with E-state index in [1.165, 1.54) is 68.7 Å². The molecule has 4 aromatic rings. The van der Waals surface area contributed by atoms with Crippen LogP contribution in [0.15, 0.2) is 89.8 Å². The Labute approximate surface area is 301 Å². The van der Waals surface area contributed by atoms with Crippen molar-refractivity contribution in [2.75, 3.05) is 38.7 Å². The van der Waals surface area contributed by atoms with E-state index in [1.807, 2.05) is 30.3 Å². The van der Waals surface area contributed by atoms with E-state index >= 15 is 0 Å². The largest absolute Gasteiger partial charge is 0.495 e. The van der Waals surface area contributed by atoms with E-state index in [9.17, 15) is 18.0 Å². The molecule has 0 aromatic heterocycles. The molecule has 0 aliphatic carbocycles. The molecule has 14 heteroatoms. The molecular weight excluding hydrogens is 713 g/mol. The third kappa shape index (κ3) is 9.10. The van der Waals surface area contributed by atoms with E-state index in [-0.39, 0.29) is 45.1 Å². The van der Waals surface area contributed by atoms with Crippen LogP contribution in [0.25, 0.3) is 0 Å². The summed E-state index contributed by atoms with van der Waals surface area (Å²) in [5, 5.41) is 3.67. The number of nitrogens with one attached hydrogen (secondary N) is 1. The summed E-state index contributed by atoms with van der Waals surface area (Å²) >= 11 is 19.1. The first-order valence-electron chi connectivity index (χ1n) is 15.1. The maximum atomic E-state index is 14.7. The number of nitrogens with zero attached hydrogens (tertiary/aromatic N) is 2. The quantitative estimate of drug-likeness (QED) is 0.145. The fourth-order valence-electron chi connectivity index (χ4n) is 5.16. The molecule has 0 aliphatic rings. The van der Waals surface area contributed by atoms with Gasteiger partial charge in [0.25, 0.3) is 10.0 Å². The Balaban J connectivity index is 1.89. The van der Waals surface area contributed by atoms with E-state index in [2.05, 4.69) is 5.32 Å². The van der Waals surface area contributed by atoms with Crippen molar-refractivity contribution in [1.82, 2.24) is 10.2 Å². The summed E-state index contributed by atoms with van der Waals surface area (Å²) in [6.07, 6.45) is 0.131. The molecule has 0 saturated carbocycles. The van der Waals surface area contributed by atoms with Crippen LogP contribution in [-0.2, 0) is 32.6 Å². The van der Waals surface area contributed by atoms with Crippen molar-refractivity contribution in [2.45, 2.75) is 30.8 Å². The number of methoxy groups -OCH3 is 3. The molecule has 0 bridgehead atoms. The first-order valence-corrected chi connectivity index (χ1v) is 17.6. The molecule has 0 fully saturated rings. The van der Waals surface area contributed by atoms with Gasteiger partial charge in [0.05, 0.1) is 31.9 Å². The highest BCUT2D eigenvalue weighted by atomic mass is 35.5. The van der Waals surface area contributed by atoms with Crippen molar-refractivity contribution in [3.8, 4) is 17.2 Å². The number of benzene rings is 4. The average Bonchev–Trinajstić information content (AvgIpc) is 3.09. The number of carbonyl (C=O) groups excluding carboxylic acids is 2. The van der Waals surface area contributed by atoms with Gasteiger partial charge in [-0.1, -0.05) is 71.2 Å². The van der Waals surface area contributed by atoms with Gasteiger partial charge in [0.15, 0.2) is 11.5 Å². The van der Waals surface area contributed by atoms with Gasteiger partial charge in [-0.15, -0.1) is 0 Å². The number of hydrogen-bond acceptors (Lipinski definition) is 7.